The van der Waals surface area contributed by atoms with Gasteiger partial charge < -0.3 is 24.6 Å². The van der Waals surface area contributed by atoms with Gasteiger partial charge in [0.15, 0.2) is 11.5 Å². The molecule has 0 spiro atoms. The van der Waals surface area contributed by atoms with Crippen molar-refractivity contribution in [3.63, 3.8) is 0 Å². The van der Waals surface area contributed by atoms with Crippen molar-refractivity contribution in [1.82, 2.24) is 4.90 Å². The van der Waals surface area contributed by atoms with E-state index in [-0.39, 0.29) is 36.6 Å². The van der Waals surface area contributed by atoms with Gasteiger partial charge in [0.05, 0.1) is 16.5 Å². The van der Waals surface area contributed by atoms with E-state index < -0.39 is 34.4 Å². The number of benzene rings is 2. The molecule has 0 radical (unpaired) electrons. The molecule has 2 heterocycles. The van der Waals surface area contributed by atoms with Gasteiger partial charge in [-0.3, -0.25) is 24.5 Å². The van der Waals surface area contributed by atoms with Crippen molar-refractivity contribution in [2.45, 2.75) is 31.7 Å². The number of nitro benzene ring substituents is 1. The number of Topliss-reactive ketones (excluding diaryl/α,β-unsaturated/α-hetero) is 1. The molecule has 1 saturated heterocycles. The van der Waals surface area contributed by atoms with Crippen molar-refractivity contribution in [2.24, 2.45) is 0 Å². The number of rotatable bonds is 9. The standard InChI is InChI=1S/C24H22N2O9/c27-19(28)4-2-1-3-11-25-21(15-7-10-17-18(12-15)35-13-34-17)20(23(30)24(25)31)22(29)14-5-8-16(9-6-14)26(32)33/h5-10,12,21,29H,1-4,11,13H2,(H,27,28)/b22-20+. The van der Waals surface area contributed by atoms with Crippen LogP contribution in [0.5, 0.6) is 11.5 Å². The van der Waals surface area contributed by atoms with Gasteiger partial charge in [-0.25, -0.2) is 0 Å². The second-order valence-electron chi connectivity index (χ2n) is 8.11. The van der Waals surface area contributed by atoms with Gasteiger partial charge in [-0.1, -0.05) is 12.5 Å². The fraction of sp³-hybridized carbons (Fsp3) is 0.292. The lowest BCUT2D eigenvalue weighted by Crippen LogP contribution is -2.30. The zero-order valence-electron chi connectivity index (χ0n) is 18.5. The molecular formula is C24H22N2O9. The Morgan fingerprint density at radius 2 is 1.74 bits per heavy atom. The highest BCUT2D eigenvalue weighted by Crippen LogP contribution is 2.43. The second kappa shape index (κ2) is 9.84. The van der Waals surface area contributed by atoms with Crippen LogP contribution in [0.3, 0.4) is 0 Å². The number of aliphatic hydroxyl groups excluding tert-OH is 1. The van der Waals surface area contributed by atoms with E-state index in [2.05, 4.69) is 0 Å². The molecule has 2 aromatic carbocycles. The van der Waals surface area contributed by atoms with E-state index >= 15 is 0 Å². The predicted octanol–water partition coefficient (Wildman–Crippen LogP) is 3.39. The maximum atomic E-state index is 13.1. The van der Waals surface area contributed by atoms with Crippen molar-refractivity contribution < 1.29 is 39.0 Å². The van der Waals surface area contributed by atoms with Crippen LogP contribution in [0.25, 0.3) is 5.76 Å². The molecule has 2 aliphatic heterocycles. The lowest BCUT2D eigenvalue weighted by atomic mass is 9.95. The first kappa shape index (κ1) is 23.7. The Morgan fingerprint density at radius 1 is 1.03 bits per heavy atom. The largest absolute Gasteiger partial charge is 0.507 e. The Kier molecular flexibility index (Phi) is 6.67. The van der Waals surface area contributed by atoms with Crippen LogP contribution in [0, 0.1) is 10.1 Å². The van der Waals surface area contributed by atoms with E-state index in [4.69, 9.17) is 14.6 Å². The number of carbonyl (C=O) groups excluding carboxylic acids is 2. The Labute approximate surface area is 199 Å². The van der Waals surface area contributed by atoms with Crippen LogP contribution in [0.15, 0.2) is 48.0 Å². The van der Waals surface area contributed by atoms with Gasteiger partial charge in [-0.15, -0.1) is 0 Å². The monoisotopic (exact) mass is 482 g/mol. The van der Waals surface area contributed by atoms with Crippen LogP contribution < -0.4 is 9.47 Å². The number of carboxylic acid groups (broad SMARTS) is 1. The summed E-state index contributed by atoms with van der Waals surface area (Å²) < 4.78 is 10.8. The number of ether oxygens (including phenoxy) is 2. The smallest absolute Gasteiger partial charge is 0.303 e. The molecule has 1 amide bonds. The summed E-state index contributed by atoms with van der Waals surface area (Å²) in [5.74, 6) is -2.09. The number of aliphatic carboxylic acids is 1. The predicted molar refractivity (Wildman–Crippen MR) is 121 cm³/mol. The molecule has 0 bridgehead atoms. The van der Waals surface area contributed by atoms with Crippen LogP contribution >= 0.6 is 0 Å². The number of unbranched alkanes of at least 4 members (excludes halogenated alkanes) is 2. The summed E-state index contributed by atoms with van der Waals surface area (Å²) in [5.41, 5.74) is 0.340. The number of amides is 1. The van der Waals surface area contributed by atoms with Gasteiger partial charge in [0, 0.05) is 30.7 Å². The van der Waals surface area contributed by atoms with Gasteiger partial charge >= 0.3 is 5.97 Å². The SMILES string of the molecule is O=C(O)CCCCCN1C(=O)C(=O)/C(=C(/O)c2ccc([N+](=O)[O-])cc2)C1c1ccc2c(c1)OCO2. The molecular weight excluding hydrogens is 460 g/mol. The summed E-state index contributed by atoms with van der Waals surface area (Å²) in [6.45, 7) is 0.200. The summed E-state index contributed by atoms with van der Waals surface area (Å²) in [5, 5.41) is 30.8. The van der Waals surface area contributed by atoms with Gasteiger partial charge in [-0.2, -0.15) is 0 Å². The topological polar surface area (TPSA) is 157 Å². The minimum absolute atomic E-state index is 0.00452. The lowest BCUT2D eigenvalue weighted by Gasteiger charge is -2.25. The molecule has 0 aliphatic carbocycles. The summed E-state index contributed by atoms with van der Waals surface area (Å²) >= 11 is 0. The molecule has 2 aromatic rings. The third kappa shape index (κ3) is 4.79. The van der Waals surface area contributed by atoms with Crippen molar-refractivity contribution in [3.8, 4) is 11.5 Å². The normalized spacial score (nSPS) is 18.2. The second-order valence-corrected chi connectivity index (χ2v) is 8.11. The summed E-state index contributed by atoms with van der Waals surface area (Å²) in [6, 6.07) is 9.04. The quantitative estimate of drug-likeness (QED) is 0.136. The average Bonchev–Trinajstić information content (AvgIpc) is 3.40. The number of nitro groups is 1. The molecule has 0 saturated carbocycles. The number of fused-ring (bicyclic) bond motifs is 1. The molecule has 11 nitrogen and oxygen atoms in total. The number of nitrogens with zero attached hydrogens (tertiary/aromatic N) is 2. The molecule has 2 aliphatic rings. The first-order valence-electron chi connectivity index (χ1n) is 10.9. The molecule has 4 rings (SSSR count). The van der Waals surface area contributed by atoms with Gasteiger partial charge in [0.25, 0.3) is 17.4 Å². The maximum Gasteiger partial charge on any atom is 0.303 e. The minimum Gasteiger partial charge on any atom is -0.507 e. The van der Waals surface area contributed by atoms with Crippen LogP contribution in [0.4, 0.5) is 5.69 Å². The highest BCUT2D eigenvalue weighted by atomic mass is 16.7. The average molecular weight is 482 g/mol. The zero-order valence-corrected chi connectivity index (χ0v) is 18.5. The van der Waals surface area contributed by atoms with E-state index in [0.717, 1.165) is 0 Å². The van der Waals surface area contributed by atoms with E-state index in [1.807, 2.05) is 0 Å². The summed E-state index contributed by atoms with van der Waals surface area (Å²) in [7, 11) is 0. The van der Waals surface area contributed by atoms with Crippen molar-refractivity contribution in [1.29, 1.82) is 0 Å². The number of hydrogen-bond acceptors (Lipinski definition) is 8. The number of aliphatic hydroxyl groups is 1. The third-order valence-electron chi connectivity index (χ3n) is 5.89. The zero-order chi connectivity index (χ0) is 25.1. The molecule has 0 aromatic heterocycles. The van der Waals surface area contributed by atoms with Gasteiger partial charge in [0.1, 0.15) is 5.76 Å². The number of carboxylic acids is 1. The van der Waals surface area contributed by atoms with Crippen molar-refractivity contribution in [3.05, 3.63) is 69.3 Å². The van der Waals surface area contributed by atoms with Crippen LogP contribution in [-0.4, -0.2) is 51.0 Å². The number of carbonyl (C=O) groups is 3. The molecule has 1 fully saturated rings. The Hall–Kier alpha value is -4.41. The number of ketones is 1. The molecule has 1 atom stereocenters. The van der Waals surface area contributed by atoms with Crippen LogP contribution in [0.2, 0.25) is 0 Å². The molecule has 11 heteroatoms. The van der Waals surface area contributed by atoms with Crippen LogP contribution in [0.1, 0.15) is 42.9 Å². The van der Waals surface area contributed by atoms with Crippen molar-refractivity contribution >= 4 is 29.1 Å². The fourth-order valence-electron chi connectivity index (χ4n) is 4.17. The lowest BCUT2D eigenvalue weighted by molar-refractivity contribution is -0.384. The summed E-state index contributed by atoms with van der Waals surface area (Å²) in [6.07, 6.45) is 1.42. The van der Waals surface area contributed by atoms with E-state index in [0.29, 0.717) is 36.3 Å². The van der Waals surface area contributed by atoms with E-state index in [1.165, 1.54) is 29.2 Å². The number of likely N-dealkylation sites (tertiary alicyclic amines) is 1. The Balaban J connectivity index is 1.71. The van der Waals surface area contributed by atoms with E-state index in [9.17, 15) is 29.6 Å². The van der Waals surface area contributed by atoms with Crippen LogP contribution in [-0.2, 0) is 14.4 Å². The van der Waals surface area contributed by atoms with Gasteiger partial charge in [0.2, 0.25) is 6.79 Å². The number of non-ortho nitro benzene ring substituents is 1. The Bertz CT molecular complexity index is 1220. The van der Waals surface area contributed by atoms with E-state index in [1.54, 1.807) is 18.2 Å². The first-order valence-corrected chi connectivity index (χ1v) is 10.9. The van der Waals surface area contributed by atoms with Crippen molar-refractivity contribution in [2.75, 3.05) is 13.3 Å². The summed E-state index contributed by atoms with van der Waals surface area (Å²) in [4.78, 5) is 48.5. The molecule has 35 heavy (non-hydrogen) atoms. The Morgan fingerprint density at radius 3 is 2.43 bits per heavy atom. The molecule has 2 N–H and O–H groups in total. The minimum atomic E-state index is -0.931. The first-order chi connectivity index (χ1) is 16.8. The number of hydrogen-bond donors (Lipinski definition) is 2. The maximum absolute atomic E-state index is 13.1. The fourth-order valence-corrected chi connectivity index (χ4v) is 4.17. The molecule has 182 valence electrons. The van der Waals surface area contributed by atoms with Gasteiger partial charge in [-0.05, 0) is 42.7 Å². The molecule has 1 unspecified atom stereocenters. The third-order valence-corrected chi connectivity index (χ3v) is 5.89. The highest BCUT2D eigenvalue weighted by molar-refractivity contribution is 6.46. The highest BCUT2D eigenvalue weighted by Gasteiger charge is 2.46.